The molecule has 5 heteroatoms. The molecule has 1 atom stereocenters. The van der Waals surface area contributed by atoms with Crippen LogP contribution in [0.1, 0.15) is 12.8 Å². The molecule has 1 saturated heterocycles. The Labute approximate surface area is 119 Å². The summed E-state index contributed by atoms with van der Waals surface area (Å²) in [5, 5.41) is 11.9. The molecule has 5 nitrogen and oxygen atoms in total. The normalized spacial score (nSPS) is 20.0. The van der Waals surface area contributed by atoms with Crippen LogP contribution in [-0.2, 0) is 7.05 Å². The first-order chi connectivity index (χ1) is 9.74. The first kappa shape index (κ1) is 13.1. The number of nitrogens with one attached hydrogen (secondary N) is 1. The summed E-state index contributed by atoms with van der Waals surface area (Å²) in [6.07, 6.45) is 4.21. The van der Waals surface area contributed by atoms with Crippen molar-refractivity contribution in [2.75, 3.05) is 25.5 Å². The third kappa shape index (κ3) is 2.67. The van der Waals surface area contributed by atoms with E-state index in [0.717, 1.165) is 23.6 Å². The van der Waals surface area contributed by atoms with Crippen molar-refractivity contribution < 1.29 is 0 Å². The topological polar surface area (TPSA) is 46.0 Å². The van der Waals surface area contributed by atoms with E-state index in [0.29, 0.717) is 6.04 Å². The van der Waals surface area contributed by atoms with Crippen molar-refractivity contribution in [2.24, 2.45) is 7.05 Å². The molecule has 1 fully saturated rings. The highest BCUT2D eigenvalue weighted by molar-refractivity contribution is 5.73. The second-order valence-electron chi connectivity index (χ2n) is 5.56. The fourth-order valence-corrected chi connectivity index (χ4v) is 2.84. The lowest BCUT2D eigenvalue weighted by Crippen LogP contribution is -2.39. The van der Waals surface area contributed by atoms with E-state index in [9.17, 15) is 0 Å². The Kier molecular flexibility index (Phi) is 3.69. The molecule has 106 valence electrons. The van der Waals surface area contributed by atoms with E-state index in [4.69, 9.17) is 0 Å². The van der Waals surface area contributed by atoms with Crippen LogP contribution in [-0.4, -0.2) is 45.8 Å². The van der Waals surface area contributed by atoms with Gasteiger partial charge < -0.3 is 14.8 Å². The molecule has 2 heterocycles. The van der Waals surface area contributed by atoms with Crippen molar-refractivity contribution in [3.8, 4) is 11.4 Å². The van der Waals surface area contributed by atoms with Gasteiger partial charge in [-0.2, -0.15) is 0 Å². The van der Waals surface area contributed by atoms with E-state index in [1.165, 1.54) is 19.4 Å². The van der Waals surface area contributed by atoms with Crippen LogP contribution in [0.5, 0.6) is 0 Å². The van der Waals surface area contributed by atoms with Crippen LogP contribution in [0.15, 0.2) is 30.6 Å². The maximum absolute atomic E-state index is 4.22. The number of nitrogens with zero attached hydrogens (tertiary/aromatic N) is 4. The Morgan fingerprint density at radius 2 is 2.10 bits per heavy atom. The molecule has 1 unspecified atom stereocenters. The van der Waals surface area contributed by atoms with Gasteiger partial charge in [-0.05, 0) is 38.6 Å². The van der Waals surface area contributed by atoms with Gasteiger partial charge in [0.1, 0.15) is 6.33 Å². The van der Waals surface area contributed by atoms with Gasteiger partial charge in [0, 0.05) is 30.9 Å². The summed E-state index contributed by atoms with van der Waals surface area (Å²) in [5.41, 5.74) is 2.25. The zero-order chi connectivity index (χ0) is 13.9. The molecule has 20 heavy (non-hydrogen) atoms. The fourth-order valence-electron chi connectivity index (χ4n) is 2.84. The summed E-state index contributed by atoms with van der Waals surface area (Å²) in [5.74, 6) is 0.900. The minimum atomic E-state index is 0.503. The standard InChI is InChI=1S/C15H21N5/c1-19-9-5-6-12(10-19)17-14-8-4-3-7-13(14)15-18-16-11-20(15)2/h3-4,7-8,11-12,17H,5-6,9-10H2,1-2H3. The van der Waals surface area contributed by atoms with Crippen molar-refractivity contribution in [2.45, 2.75) is 18.9 Å². The molecule has 0 saturated carbocycles. The highest BCUT2D eigenvalue weighted by Crippen LogP contribution is 2.27. The summed E-state index contributed by atoms with van der Waals surface area (Å²) in [4.78, 5) is 2.38. The molecule has 0 bridgehead atoms. The average molecular weight is 271 g/mol. The highest BCUT2D eigenvalue weighted by Gasteiger charge is 2.18. The third-order valence-corrected chi connectivity index (χ3v) is 3.86. The number of aryl methyl sites for hydroxylation is 1. The fraction of sp³-hybridized carbons (Fsp3) is 0.467. The Morgan fingerprint density at radius 3 is 2.85 bits per heavy atom. The summed E-state index contributed by atoms with van der Waals surface area (Å²) in [7, 11) is 4.16. The first-order valence-corrected chi connectivity index (χ1v) is 7.12. The molecule has 1 N–H and O–H groups in total. The number of benzene rings is 1. The van der Waals surface area contributed by atoms with Gasteiger partial charge in [-0.1, -0.05) is 12.1 Å². The van der Waals surface area contributed by atoms with E-state index >= 15 is 0 Å². The van der Waals surface area contributed by atoms with Crippen molar-refractivity contribution >= 4 is 5.69 Å². The number of likely N-dealkylation sites (tertiary alicyclic amines) is 1. The number of aromatic nitrogens is 3. The van der Waals surface area contributed by atoms with Crippen molar-refractivity contribution in [3.63, 3.8) is 0 Å². The Hall–Kier alpha value is -1.88. The lowest BCUT2D eigenvalue weighted by molar-refractivity contribution is 0.261. The number of hydrogen-bond acceptors (Lipinski definition) is 4. The van der Waals surface area contributed by atoms with Crippen LogP contribution < -0.4 is 5.32 Å². The zero-order valence-corrected chi connectivity index (χ0v) is 12.1. The third-order valence-electron chi connectivity index (χ3n) is 3.86. The quantitative estimate of drug-likeness (QED) is 0.927. The highest BCUT2D eigenvalue weighted by atomic mass is 15.2. The molecule has 1 aromatic heterocycles. The molecule has 0 amide bonds. The number of piperidine rings is 1. The monoisotopic (exact) mass is 271 g/mol. The van der Waals surface area contributed by atoms with Crippen molar-refractivity contribution in [1.82, 2.24) is 19.7 Å². The molecule has 2 aromatic rings. The van der Waals surface area contributed by atoms with Crippen LogP contribution >= 0.6 is 0 Å². The zero-order valence-electron chi connectivity index (χ0n) is 12.1. The summed E-state index contributed by atoms with van der Waals surface area (Å²) < 4.78 is 1.95. The average Bonchev–Trinajstić information content (AvgIpc) is 2.86. The predicted octanol–water partition coefficient (Wildman–Crippen LogP) is 1.99. The molecular formula is C15H21N5. The van der Waals surface area contributed by atoms with Gasteiger partial charge in [-0.3, -0.25) is 0 Å². The van der Waals surface area contributed by atoms with Gasteiger partial charge in [0.05, 0.1) is 0 Å². The van der Waals surface area contributed by atoms with Crippen LogP contribution in [0.2, 0.25) is 0 Å². The second-order valence-corrected chi connectivity index (χ2v) is 5.56. The Balaban J connectivity index is 1.85. The van der Waals surface area contributed by atoms with Gasteiger partial charge in [0.15, 0.2) is 5.82 Å². The van der Waals surface area contributed by atoms with Crippen LogP contribution in [0.25, 0.3) is 11.4 Å². The summed E-state index contributed by atoms with van der Waals surface area (Å²) in [6.45, 7) is 2.29. The molecule has 1 aromatic carbocycles. The van der Waals surface area contributed by atoms with E-state index in [-0.39, 0.29) is 0 Å². The molecule has 1 aliphatic heterocycles. The summed E-state index contributed by atoms with van der Waals surface area (Å²) in [6, 6.07) is 8.83. The number of anilines is 1. The Morgan fingerprint density at radius 1 is 1.25 bits per heavy atom. The van der Waals surface area contributed by atoms with Gasteiger partial charge >= 0.3 is 0 Å². The maximum atomic E-state index is 4.22. The van der Waals surface area contributed by atoms with E-state index in [2.05, 4.69) is 45.7 Å². The number of likely N-dealkylation sites (N-methyl/N-ethyl adjacent to an activating group) is 1. The molecule has 0 aliphatic carbocycles. The van der Waals surface area contributed by atoms with Crippen LogP contribution in [0, 0.1) is 0 Å². The number of para-hydroxylation sites is 1. The first-order valence-electron chi connectivity index (χ1n) is 7.12. The van der Waals surface area contributed by atoms with Crippen LogP contribution in [0.3, 0.4) is 0 Å². The van der Waals surface area contributed by atoms with E-state index < -0.39 is 0 Å². The van der Waals surface area contributed by atoms with Crippen LogP contribution in [0.4, 0.5) is 5.69 Å². The minimum absolute atomic E-state index is 0.503. The van der Waals surface area contributed by atoms with Gasteiger partial charge in [0.2, 0.25) is 0 Å². The maximum Gasteiger partial charge on any atom is 0.165 e. The smallest absolute Gasteiger partial charge is 0.165 e. The van der Waals surface area contributed by atoms with Gasteiger partial charge in [-0.25, -0.2) is 0 Å². The van der Waals surface area contributed by atoms with E-state index in [1.54, 1.807) is 6.33 Å². The SMILES string of the molecule is CN1CCCC(Nc2ccccc2-c2nncn2C)C1. The number of hydrogen-bond donors (Lipinski definition) is 1. The second kappa shape index (κ2) is 5.63. The minimum Gasteiger partial charge on any atom is -0.380 e. The summed E-state index contributed by atoms with van der Waals surface area (Å²) >= 11 is 0. The molecule has 1 aliphatic rings. The van der Waals surface area contributed by atoms with Gasteiger partial charge in [0.25, 0.3) is 0 Å². The van der Waals surface area contributed by atoms with E-state index in [1.807, 2.05) is 17.7 Å². The van der Waals surface area contributed by atoms with Crippen molar-refractivity contribution in [1.29, 1.82) is 0 Å². The lowest BCUT2D eigenvalue weighted by Gasteiger charge is -2.31. The molecule has 0 spiro atoms. The molecule has 3 rings (SSSR count). The number of rotatable bonds is 3. The largest absolute Gasteiger partial charge is 0.380 e. The molecular weight excluding hydrogens is 250 g/mol. The molecule has 0 radical (unpaired) electrons. The predicted molar refractivity (Wildman–Crippen MR) is 80.6 cm³/mol. The lowest BCUT2D eigenvalue weighted by atomic mass is 10.0. The van der Waals surface area contributed by atoms with Gasteiger partial charge in [-0.15, -0.1) is 10.2 Å². The Bertz CT molecular complexity index is 577. The van der Waals surface area contributed by atoms with Crippen molar-refractivity contribution in [3.05, 3.63) is 30.6 Å².